The number of aromatic amines is 1. The molecule has 7 nitrogen and oxygen atoms in total. The molecule has 5 rings (SSSR count). The van der Waals surface area contributed by atoms with Gasteiger partial charge in [0.25, 0.3) is 0 Å². The number of carbonyl (C=O) groups excluding carboxylic acids is 1. The first-order valence-corrected chi connectivity index (χ1v) is 12.9. The number of morpholine rings is 1. The highest BCUT2D eigenvalue weighted by molar-refractivity contribution is 5.84. The van der Waals surface area contributed by atoms with Crippen LogP contribution in [0, 0.1) is 0 Å². The maximum atomic E-state index is 13.6. The fourth-order valence-corrected chi connectivity index (χ4v) is 5.47. The SMILES string of the molecule is CCOc1cc2c(cc1OC)CCN(C(=O)N1CCOCC1)C2CCc1c[nH]c2ccc(C(F)(F)F)cc12. The lowest BCUT2D eigenvalue weighted by Gasteiger charge is -2.41. The van der Waals surface area contributed by atoms with Crippen LogP contribution in [-0.4, -0.2) is 67.4 Å². The van der Waals surface area contributed by atoms with Crippen molar-refractivity contribution >= 4 is 16.9 Å². The molecule has 2 aromatic carbocycles. The van der Waals surface area contributed by atoms with Gasteiger partial charge in [0, 0.05) is 36.7 Å². The normalized spacial score (nSPS) is 18.0. The van der Waals surface area contributed by atoms with Crippen molar-refractivity contribution < 1.29 is 32.2 Å². The largest absolute Gasteiger partial charge is 0.493 e. The summed E-state index contributed by atoms with van der Waals surface area (Å²) in [4.78, 5) is 20.4. The number of nitrogens with zero attached hydrogens (tertiary/aromatic N) is 2. The summed E-state index contributed by atoms with van der Waals surface area (Å²) in [5.41, 5.74) is 2.83. The van der Waals surface area contributed by atoms with Crippen LogP contribution >= 0.6 is 0 Å². The van der Waals surface area contributed by atoms with Crippen LogP contribution in [0.5, 0.6) is 11.5 Å². The number of alkyl halides is 3. The van der Waals surface area contributed by atoms with Gasteiger partial charge in [0.1, 0.15) is 0 Å². The van der Waals surface area contributed by atoms with E-state index in [0.717, 1.165) is 22.8 Å². The summed E-state index contributed by atoms with van der Waals surface area (Å²) in [6.07, 6.45) is -0.936. The lowest BCUT2D eigenvalue weighted by atomic mass is 9.88. The number of H-pyrrole nitrogens is 1. The van der Waals surface area contributed by atoms with Crippen LogP contribution in [0.2, 0.25) is 0 Å². The molecule has 1 N–H and O–H groups in total. The minimum Gasteiger partial charge on any atom is -0.493 e. The van der Waals surface area contributed by atoms with Gasteiger partial charge in [0.05, 0.1) is 38.5 Å². The fourth-order valence-electron chi connectivity index (χ4n) is 5.47. The van der Waals surface area contributed by atoms with Crippen molar-refractivity contribution in [2.45, 2.75) is 38.4 Å². The Morgan fingerprint density at radius 1 is 1.13 bits per heavy atom. The second-order valence-corrected chi connectivity index (χ2v) is 9.59. The highest BCUT2D eigenvalue weighted by atomic mass is 19.4. The maximum absolute atomic E-state index is 13.6. The number of benzene rings is 2. The van der Waals surface area contributed by atoms with Gasteiger partial charge in [0.15, 0.2) is 11.5 Å². The number of halogens is 3. The minimum atomic E-state index is -4.42. The highest BCUT2D eigenvalue weighted by Crippen LogP contribution is 2.41. The van der Waals surface area contributed by atoms with Crippen LogP contribution in [-0.2, 0) is 23.8 Å². The zero-order valence-corrected chi connectivity index (χ0v) is 21.6. The topological polar surface area (TPSA) is 67.0 Å². The van der Waals surface area contributed by atoms with E-state index in [2.05, 4.69) is 4.98 Å². The number of amides is 2. The molecule has 3 aromatic rings. The van der Waals surface area contributed by atoms with E-state index in [1.165, 1.54) is 12.1 Å². The predicted octanol–water partition coefficient (Wildman–Crippen LogP) is 5.58. The minimum absolute atomic E-state index is 0.0454. The highest BCUT2D eigenvalue weighted by Gasteiger charge is 2.35. The number of aryl methyl sites for hydroxylation is 1. The maximum Gasteiger partial charge on any atom is 0.416 e. The number of fused-ring (bicyclic) bond motifs is 2. The Kier molecular flexibility index (Phi) is 7.43. The lowest BCUT2D eigenvalue weighted by Crippen LogP contribution is -2.51. The monoisotopic (exact) mass is 531 g/mol. The van der Waals surface area contributed by atoms with E-state index in [1.54, 1.807) is 13.3 Å². The molecule has 1 aromatic heterocycles. The van der Waals surface area contributed by atoms with E-state index in [9.17, 15) is 18.0 Å². The van der Waals surface area contributed by atoms with Crippen LogP contribution in [0.25, 0.3) is 10.9 Å². The number of nitrogens with one attached hydrogen (secondary N) is 1. The van der Waals surface area contributed by atoms with Crippen LogP contribution in [0.3, 0.4) is 0 Å². The average Bonchev–Trinajstić information content (AvgIpc) is 3.33. The van der Waals surface area contributed by atoms with Crippen molar-refractivity contribution in [3.05, 3.63) is 58.8 Å². The Labute approximate surface area is 219 Å². The van der Waals surface area contributed by atoms with Crippen LogP contribution < -0.4 is 9.47 Å². The van der Waals surface area contributed by atoms with Crippen molar-refractivity contribution in [2.75, 3.05) is 46.6 Å². The van der Waals surface area contributed by atoms with E-state index in [1.807, 2.05) is 28.9 Å². The number of ether oxygens (including phenoxy) is 3. The number of urea groups is 1. The van der Waals surface area contributed by atoms with Crippen LogP contribution in [0.1, 0.15) is 41.6 Å². The van der Waals surface area contributed by atoms with Gasteiger partial charge in [-0.1, -0.05) is 0 Å². The van der Waals surface area contributed by atoms with Gasteiger partial charge in [0.2, 0.25) is 0 Å². The number of hydrogen-bond acceptors (Lipinski definition) is 4. The first kappa shape index (κ1) is 26.2. The van der Waals surface area contributed by atoms with Gasteiger partial charge in [-0.3, -0.25) is 0 Å². The summed E-state index contributed by atoms with van der Waals surface area (Å²) in [5.74, 6) is 1.26. The second-order valence-electron chi connectivity index (χ2n) is 9.59. The lowest BCUT2D eigenvalue weighted by molar-refractivity contribution is -0.137. The second kappa shape index (κ2) is 10.8. The molecule has 1 saturated heterocycles. The fraction of sp³-hybridized carbons (Fsp3) is 0.464. The van der Waals surface area contributed by atoms with Gasteiger partial charge >= 0.3 is 12.2 Å². The number of methoxy groups -OCH3 is 1. The molecule has 2 aliphatic heterocycles. The van der Waals surface area contributed by atoms with Gasteiger partial charge in [-0.05, 0) is 73.2 Å². The Balaban J connectivity index is 1.49. The quantitative estimate of drug-likeness (QED) is 0.451. The van der Waals surface area contributed by atoms with Crippen LogP contribution in [0.15, 0.2) is 36.5 Å². The molecule has 204 valence electrons. The number of hydrogen-bond donors (Lipinski definition) is 1. The van der Waals surface area contributed by atoms with Gasteiger partial charge in [-0.25, -0.2) is 4.79 Å². The molecule has 10 heteroatoms. The number of rotatable bonds is 6. The average molecular weight is 532 g/mol. The summed E-state index contributed by atoms with van der Waals surface area (Å²) >= 11 is 0. The summed E-state index contributed by atoms with van der Waals surface area (Å²) in [6, 6.07) is 7.37. The Morgan fingerprint density at radius 2 is 1.92 bits per heavy atom. The van der Waals surface area contributed by atoms with E-state index >= 15 is 0 Å². The summed E-state index contributed by atoms with van der Waals surface area (Å²) < 4.78 is 57.0. The summed E-state index contributed by atoms with van der Waals surface area (Å²) in [5, 5.41) is 0.548. The standard InChI is InChI=1S/C28H32F3N3O4/c1-3-38-26-16-22-18(14-25(26)36-2)8-9-34(27(35)33-10-12-37-13-11-33)24(22)7-4-19-17-32-23-6-5-20(15-21(19)23)28(29,30)31/h5-6,14-17,24,32H,3-4,7-13H2,1-2H3. The summed E-state index contributed by atoms with van der Waals surface area (Å²) in [7, 11) is 1.60. The first-order valence-electron chi connectivity index (χ1n) is 12.9. The smallest absolute Gasteiger partial charge is 0.416 e. The molecule has 0 radical (unpaired) electrons. The Hall–Kier alpha value is -3.40. The number of aromatic nitrogens is 1. The van der Waals surface area contributed by atoms with Crippen LogP contribution in [0.4, 0.5) is 18.0 Å². The zero-order chi connectivity index (χ0) is 26.9. The molecule has 1 unspecified atom stereocenters. The third-order valence-corrected chi connectivity index (χ3v) is 7.39. The third-order valence-electron chi connectivity index (χ3n) is 7.39. The number of carbonyl (C=O) groups is 1. The molecule has 3 heterocycles. The molecule has 2 amide bonds. The van der Waals surface area contributed by atoms with E-state index in [4.69, 9.17) is 14.2 Å². The third kappa shape index (κ3) is 5.14. The van der Waals surface area contributed by atoms with Gasteiger partial charge in [-0.2, -0.15) is 13.2 Å². The van der Waals surface area contributed by atoms with Crippen molar-refractivity contribution in [1.29, 1.82) is 0 Å². The van der Waals surface area contributed by atoms with E-state index in [0.29, 0.717) is 81.1 Å². The van der Waals surface area contributed by atoms with Crippen molar-refractivity contribution in [3.63, 3.8) is 0 Å². The zero-order valence-electron chi connectivity index (χ0n) is 21.6. The molecule has 0 aliphatic carbocycles. The van der Waals surface area contributed by atoms with Gasteiger partial charge in [-0.15, -0.1) is 0 Å². The molecule has 2 aliphatic rings. The molecular weight excluding hydrogens is 499 g/mol. The molecule has 0 saturated carbocycles. The Bertz CT molecular complexity index is 1300. The van der Waals surface area contributed by atoms with Crippen molar-refractivity contribution in [3.8, 4) is 11.5 Å². The molecule has 38 heavy (non-hydrogen) atoms. The molecule has 1 fully saturated rings. The molecular formula is C28H32F3N3O4. The van der Waals surface area contributed by atoms with E-state index < -0.39 is 11.7 Å². The molecule has 0 bridgehead atoms. The summed E-state index contributed by atoms with van der Waals surface area (Å²) in [6.45, 7) is 4.97. The molecule has 0 spiro atoms. The first-order chi connectivity index (χ1) is 18.3. The van der Waals surface area contributed by atoms with Gasteiger partial charge < -0.3 is 29.0 Å². The van der Waals surface area contributed by atoms with E-state index in [-0.39, 0.29) is 12.1 Å². The van der Waals surface area contributed by atoms with Crippen molar-refractivity contribution in [1.82, 2.24) is 14.8 Å². The predicted molar refractivity (Wildman–Crippen MR) is 137 cm³/mol. The molecule has 1 atom stereocenters. The Morgan fingerprint density at radius 3 is 2.63 bits per heavy atom. The van der Waals surface area contributed by atoms with Crippen molar-refractivity contribution in [2.24, 2.45) is 0 Å².